The van der Waals surface area contributed by atoms with E-state index in [1.165, 1.54) is 23.1 Å². The number of thiazole rings is 1. The number of anilines is 1. The van der Waals surface area contributed by atoms with Gasteiger partial charge in [-0.15, -0.1) is 11.3 Å². The van der Waals surface area contributed by atoms with Gasteiger partial charge in [-0.25, -0.2) is 4.98 Å². The quantitative estimate of drug-likeness (QED) is 0.286. The lowest BCUT2D eigenvalue weighted by Crippen LogP contribution is -2.28. The maximum Gasteiger partial charge on any atom is 0.271 e. The SMILES string of the molecule is COc1cccc(/C(C)=C2\S/C(=N/c3nc(-c4ccccc4)cs3)N(c3ccccc3)C2=O)c1. The summed E-state index contributed by atoms with van der Waals surface area (Å²) in [6.45, 7) is 1.96. The molecule has 7 heteroatoms. The number of carbonyl (C=O) groups excluding carboxylic acids is 1. The molecule has 4 aromatic rings. The number of thioether (sulfide) groups is 1. The minimum Gasteiger partial charge on any atom is -0.497 e. The van der Waals surface area contributed by atoms with Crippen LogP contribution in [0.1, 0.15) is 12.5 Å². The third kappa shape index (κ3) is 4.40. The second-order valence-corrected chi connectivity index (χ2v) is 9.35. The average Bonchev–Trinajstić information content (AvgIpc) is 3.49. The Labute approximate surface area is 206 Å². The molecule has 0 saturated carbocycles. The summed E-state index contributed by atoms with van der Waals surface area (Å²) in [6.07, 6.45) is 0. The summed E-state index contributed by atoms with van der Waals surface area (Å²) in [4.78, 5) is 25.4. The van der Waals surface area contributed by atoms with Crippen molar-refractivity contribution in [3.63, 3.8) is 0 Å². The first kappa shape index (κ1) is 22.1. The Morgan fingerprint density at radius 2 is 1.71 bits per heavy atom. The molecule has 5 rings (SSSR count). The molecule has 168 valence electrons. The summed E-state index contributed by atoms with van der Waals surface area (Å²) in [5, 5.41) is 3.18. The van der Waals surface area contributed by atoms with Crippen LogP contribution in [0.25, 0.3) is 16.8 Å². The number of rotatable bonds is 5. The van der Waals surface area contributed by atoms with Crippen LogP contribution in [0.2, 0.25) is 0 Å². The van der Waals surface area contributed by atoms with Gasteiger partial charge < -0.3 is 4.74 Å². The predicted octanol–water partition coefficient (Wildman–Crippen LogP) is 7.02. The number of benzene rings is 3. The zero-order valence-corrected chi connectivity index (χ0v) is 20.3. The molecule has 0 aliphatic carbocycles. The third-order valence-corrected chi connectivity index (χ3v) is 7.27. The van der Waals surface area contributed by atoms with Gasteiger partial charge in [0.1, 0.15) is 5.75 Å². The molecule has 0 atom stereocenters. The summed E-state index contributed by atoms with van der Waals surface area (Å²) >= 11 is 2.83. The molecule has 0 bridgehead atoms. The molecular weight excluding hydrogens is 462 g/mol. The van der Waals surface area contributed by atoms with Crippen LogP contribution in [-0.4, -0.2) is 23.2 Å². The lowest BCUT2D eigenvalue weighted by atomic mass is 10.1. The Bertz CT molecular complexity index is 1400. The highest BCUT2D eigenvalue weighted by Crippen LogP contribution is 2.41. The molecule has 0 unspecified atom stereocenters. The third-order valence-electron chi connectivity index (χ3n) is 5.39. The van der Waals surface area contributed by atoms with Crippen molar-refractivity contribution in [3.8, 4) is 17.0 Å². The Morgan fingerprint density at radius 3 is 2.44 bits per heavy atom. The van der Waals surface area contributed by atoms with E-state index in [9.17, 15) is 4.79 Å². The molecule has 3 aromatic carbocycles. The van der Waals surface area contributed by atoms with Crippen molar-refractivity contribution in [1.82, 2.24) is 4.98 Å². The monoisotopic (exact) mass is 483 g/mol. The molecule has 0 N–H and O–H groups in total. The number of aromatic nitrogens is 1. The summed E-state index contributed by atoms with van der Waals surface area (Å²) < 4.78 is 5.37. The largest absolute Gasteiger partial charge is 0.497 e. The minimum atomic E-state index is -0.102. The van der Waals surface area contributed by atoms with Crippen LogP contribution in [-0.2, 0) is 4.79 Å². The number of hydrogen-bond donors (Lipinski definition) is 0. The highest BCUT2D eigenvalue weighted by Gasteiger charge is 2.36. The fourth-order valence-electron chi connectivity index (χ4n) is 3.61. The lowest BCUT2D eigenvalue weighted by molar-refractivity contribution is -0.113. The number of ether oxygens (including phenoxy) is 1. The number of amides is 1. The Balaban J connectivity index is 1.56. The summed E-state index contributed by atoms with van der Waals surface area (Å²) in [7, 11) is 1.64. The van der Waals surface area contributed by atoms with Crippen molar-refractivity contribution in [3.05, 3.63) is 101 Å². The molecule has 1 aromatic heterocycles. The molecule has 1 aliphatic rings. The Morgan fingerprint density at radius 1 is 0.971 bits per heavy atom. The molecule has 1 amide bonds. The van der Waals surface area contributed by atoms with Crippen molar-refractivity contribution in [2.75, 3.05) is 12.0 Å². The van der Waals surface area contributed by atoms with Gasteiger partial charge in [-0.3, -0.25) is 9.69 Å². The van der Waals surface area contributed by atoms with E-state index in [0.717, 1.165) is 33.8 Å². The molecule has 1 fully saturated rings. The highest BCUT2D eigenvalue weighted by molar-refractivity contribution is 8.19. The van der Waals surface area contributed by atoms with E-state index in [0.29, 0.717) is 15.2 Å². The highest BCUT2D eigenvalue weighted by atomic mass is 32.2. The van der Waals surface area contributed by atoms with Gasteiger partial charge in [0.2, 0.25) is 5.13 Å². The van der Waals surface area contributed by atoms with Crippen LogP contribution in [0.4, 0.5) is 10.8 Å². The standard InChI is InChI=1S/C27H21N3O2S2/c1-18(20-12-9-15-22(16-20)32-2)24-25(31)30(21-13-7-4-8-14-21)27(34-24)29-26-28-23(17-33-26)19-10-5-3-6-11-19/h3-17H,1-2H3/b24-18-,29-27+. The van der Waals surface area contributed by atoms with Crippen LogP contribution in [0.15, 0.2) is 100 Å². The fraction of sp³-hybridized carbons (Fsp3) is 0.0741. The Hall–Kier alpha value is -3.68. The number of amidine groups is 1. The van der Waals surface area contributed by atoms with Gasteiger partial charge in [-0.1, -0.05) is 60.7 Å². The van der Waals surface area contributed by atoms with Crippen LogP contribution < -0.4 is 9.64 Å². The molecule has 1 aliphatic heterocycles. The fourth-order valence-corrected chi connectivity index (χ4v) is 5.41. The number of nitrogens with zero attached hydrogens (tertiary/aromatic N) is 3. The molecule has 0 spiro atoms. The smallest absolute Gasteiger partial charge is 0.271 e. The van der Waals surface area contributed by atoms with E-state index in [1.54, 1.807) is 12.0 Å². The van der Waals surface area contributed by atoms with E-state index in [1.807, 2.05) is 97.2 Å². The second kappa shape index (κ2) is 9.67. The zero-order chi connectivity index (χ0) is 23.5. The van der Waals surface area contributed by atoms with Crippen molar-refractivity contribution >= 4 is 50.6 Å². The normalized spacial score (nSPS) is 16.2. The first-order chi connectivity index (χ1) is 16.6. The summed E-state index contributed by atoms with van der Waals surface area (Å²) in [5.74, 6) is 0.646. The van der Waals surface area contributed by atoms with Crippen molar-refractivity contribution in [1.29, 1.82) is 0 Å². The lowest BCUT2D eigenvalue weighted by Gasteiger charge is -2.15. The average molecular weight is 484 g/mol. The van der Waals surface area contributed by atoms with Gasteiger partial charge in [-0.05, 0) is 54.1 Å². The van der Waals surface area contributed by atoms with E-state index in [-0.39, 0.29) is 5.91 Å². The van der Waals surface area contributed by atoms with Gasteiger partial charge in [0.05, 0.1) is 23.4 Å². The van der Waals surface area contributed by atoms with Gasteiger partial charge in [0.15, 0.2) is 5.17 Å². The maximum atomic E-state index is 13.6. The Kier molecular flexibility index (Phi) is 6.29. The summed E-state index contributed by atoms with van der Waals surface area (Å²) in [5.41, 5.74) is 4.49. The second-order valence-electron chi connectivity index (χ2n) is 7.54. The van der Waals surface area contributed by atoms with E-state index in [4.69, 9.17) is 14.7 Å². The number of aliphatic imine (C=N–C) groups is 1. The van der Waals surface area contributed by atoms with Gasteiger partial charge in [0.25, 0.3) is 5.91 Å². The van der Waals surface area contributed by atoms with E-state index >= 15 is 0 Å². The number of carbonyl (C=O) groups is 1. The number of para-hydroxylation sites is 1. The van der Waals surface area contributed by atoms with Gasteiger partial charge in [0, 0.05) is 10.9 Å². The molecule has 1 saturated heterocycles. The molecule has 0 radical (unpaired) electrons. The van der Waals surface area contributed by atoms with Crippen LogP contribution in [0, 0.1) is 0 Å². The number of hydrogen-bond acceptors (Lipinski definition) is 6. The molecule has 34 heavy (non-hydrogen) atoms. The first-order valence-corrected chi connectivity index (χ1v) is 12.4. The van der Waals surface area contributed by atoms with Crippen LogP contribution >= 0.6 is 23.1 Å². The zero-order valence-electron chi connectivity index (χ0n) is 18.6. The molecule has 2 heterocycles. The predicted molar refractivity (Wildman–Crippen MR) is 142 cm³/mol. The first-order valence-electron chi connectivity index (χ1n) is 10.7. The van der Waals surface area contributed by atoms with Gasteiger partial charge in [-0.2, -0.15) is 4.99 Å². The number of allylic oxidation sites excluding steroid dienone is 1. The van der Waals surface area contributed by atoms with E-state index in [2.05, 4.69) is 0 Å². The van der Waals surface area contributed by atoms with E-state index < -0.39 is 0 Å². The minimum absolute atomic E-state index is 0.102. The summed E-state index contributed by atoms with van der Waals surface area (Å²) in [6, 6.07) is 27.3. The van der Waals surface area contributed by atoms with Crippen LogP contribution in [0.3, 0.4) is 0 Å². The maximum absolute atomic E-state index is 13.6. The van der Waals surface area contributed by atoms with Crippen molar-refractivity contribution in [2.24, 2.45) is 4.99 Å². The number of methoxy groups -OCH3 is 1. The van der Waals surface area contributed by atoms with Crippen molar-refractivity contribution < 1.29 is 9.53 Å². The topological polar surface area (TPSA) is 54.8 Å². The van der Waals surface area contributed by atoms with Crippen molar-refractivity contribution in [2.45, 2.75) is 6.92 Å². The molecule has 5 nitrogen and oxygen atoms in total. The van der Waals surface area contributed by atoms with Gasteiger partial charge >= 0.3 is 0 Å². The molecular formula is C27H21N3O2S2. The van der Waals surface area contributed by atoms with Crippen LogP contribution in [0.5, 0.6) is 5.75 Å².